The molecule has 0 fully saturated rings. The molecule has 3 rings (SSSR count). The maximum Gasteiger partial charge on any atom is 0.341 e. The van der Waals surface area contributed by atoms with E-state index < -0.39 is 23.8 Å². The Morgan fingerprint density at radius 3 is 2.77 bits per heavy atom. The number of halogens is 2. The number of aryl methyl sites for hydroxylation is 1. The lowest BCUT2D eigenvalue weighted by atomic mass is 10.1. The van der Waals surface area contributed by atoms with Gasteiger partial charge in [-0.25, -0.2) is 9.18 Å². The van der Waals surface area contributed by atoms with Crippen LogP contribution in [0.25, 0.3) is 0 Å². The number of carbonyl (C=O) groups is 2. The molecule has 1 aliphatic carbocycles. The average molecular weight is 472 g/mol. The van der Waals surface area contributed by atoms with Crippen LogP contribution in [-0.2, 0) is 22.4 Å². The summed E-state index contributed by atoms with van der Waals surface area (Å²) in [5.41, 5.74) is 6.46. The zero-order valence-electron chi connectivity index (χ0n) is 16.1. The van der Waals surface area contributed by atoms with Gasteiger partial charge in [-0.05, 0) is 62.2 Å². The van der Waals surface area contributed by atoms with E-state index in [9.17, 15) is 14.0 Å². The maximum atomic E-state index is 13.1. The van der Waals surface area contributed by atoms with Crippen LogP contribution in [0.1, 0.15) is 34.1 Å². The molecule has 30 heavy (non-hydrogen) atoms. The second-order valence-corrected chi connectivity index (χ2v) is 8.38. The van der Waals surface area contributed by atoms with Crippen molar-refractivity contribution in [2.75, 3.05) is 12.4 Å². The number of fused-ring (bicyclic) bond motifs is 1. The molecule has 0 radical (unpaired) electrons. The Bertz CT molecular complexity index is 998. The van der Waals surface area contributed by atoms with Crippen LogP contribution in [0.3, 0.4) is 0 Å². The molecule has 1 aromatic heterocycles. The minimum Gasteiger partial charge on any atom is -0.479 e. The van der Waals surface area contributed by atoms with Gasteiger partial charge in [-0.15, -0.1) is 11.3 Å². The standard InChI is InChI=1S/C19H19ClFN3O4S2/c1-9(28-13-7-6-10(21)8-12(13)20)16(25)23-24-19(29)22-17-15(18(26)27-2)11-4-3-5-14(11)30-17/h6-9H,3-5H2,1-2H3,(H,23,25)(H2,22,24,29). The molecule has 2 aromatic rings. The minimum atomic E-state index is -0.931. The van der Waals surface area contributed by atoms with Gasteiger partial charge in [-0.1, -0.05) is 11.6 Å². The van der Waals surface area contributed by atoms with E-state index in [1.54, 1.807) is 0 Å². The molecule has 1 amide bonds. The van der Waals surface area contributed by atoms with Crippen molar-refractivity contribution in [1.29, 1.82) is 0 Å². The van der Waals surface area contributed by atoms with E-state index in [0.29, 0.717) is 10.6 Å². The number of ether oxygens (including phenoxy) is 2. The Kier molecular flexibility index (Phi) is 7.11. The summed E-state index contributed by atoms with van der Waals surface area (Å²) in [6.07, 6.45) is 1.79. The summed E-state index contributed by atoms with van der Waals surface area (Å²) in [5.74, 6) is -1.28. The summed E-state index contributed by atoms with van der Waals surface area (Å²) in [6, 6.07) is 3.61. The number of carbonyl (C=O) groups excluding carboxylic acids is 2. The number of rotatable bonds is 5. The number of methoxy groups -OCH3 is 1. The average Bonchev–Trinajstić information content (AvgIpc) is 3.28. The fourth-order valence-electron chi connectivity index (χ4n) is 2.98. The first kappa shape index (κ1) is 22.3. The van der Waals surface area contributed by atoms with Gasteiger partial charge in [0, 0.05) is 4.88 Å². The Labute approximate surface area is 186 Å². The highest BCUT2D eigenvalue weighted by Gasteiger charge is 2.27. The Morgan fingerprint density at radius 1 is 1.30 bits per heavy atom. The molecule has 3 N–H and O–H groups in total. The Balaban J connectivity index is 1.57. The van der Waals surface area contributed by atoms with Crippen molar-refractivity contribution in [3.05, 3.63) is 45.0 Å². The van der Waals surface area contributed by atoms with E-state index in [1.165, 1.54) is 37.5 Å². The first-order chi connectivity index (χ1) is 14.3. The fourth-order valence-corrected chi connectivity index (χ4v) is 4.69. The molecule has 1 heterocycles. The molecule has 0 spiro atoms. The molecule has 0 bridgehead atoms. The van der Waals surface area contributed by atoms with E-state index in [4.69, 9.17) is 33.3 Å². The smallest absolute Gasteiger partial charge is 0.341 e. The number of thiocarbonyl (C=S) groups is 1. The number of esters is 1. The largest absolute Gasteiger partial charge is 0.479 e. The van der Waals surface area contributed by atoms with Crippen molar-refractivity contribution >= 4 is 57.1 Å². The van der Waals surface area contributed by atoms with Crippen LogP contribution >= 0.6 is 35.2 Å². The molecule has 0 saturated carbocycles. The number of thiophene rings is 1. The summed E-state index contributed by atoms with van der Waals surface area (Å²) in [4.78, 5) is 25.5. The van der Waals surface area contributed by atoms with E-state index in [0.717, 1.165) is 35.8 Å². The highest BCUT2D eigenvalue weighted by atomic mass is 35.5. The number of amides is 1. The third kappa shape index (κ3) is 5.00. The van der Waals surface area contributed by atoms with Crippen LogP contribution in [0.2, 0.25) is 5.02 Å². The van der Waals surface area contributed by atoms with Crippen LogP contribution in [-0.4, -0.2) is 30.2 Å². The van der Waals surface area contributed by atoms with E-state index in [2.05, 4.69) is 16.2 Å². The normalized spacial score (nSPS) is 13.2. The van der Waals surface area contributed by atoms with Crippen molar-refractivity contribution in [3.8, 4) is 5.75 Å². The van der Waals surface area contributed by atoms with Gasteiger partial charge in [0.15, 0.2) is 11.2 Å². The van der Waals surface area contributed by atoms with E-state index >= 15 is 0 Å². The second kappa shape index (κ2) is 9.59. The van der Waals surface area contributed by atoms with Gasteiger partial charge < -0.3 is 14.8 Å². The summed E-state index contributed by atoms with van der Waals surface area (Å²) in [7, 11) is 1.33. The number of anilines is 1. The predicted octanol–water partition coefficient (Wildman–Crippen LogP) is 3.60. The lowest BCUT2D eigenvalue weighted by Gasteiger charge is -2.17. The molecule has 160 valence electrons. The van der Waals surface area contributed by atoms with Gasteiger partial charge in [0.25, 0.3) is 5.91 Å². The van der Waals surface area contributed by atoms with Gasteiger partial charge in [0.05, 0.1) is 17.7 Å². The van der Waals surface area contributed by atoms with Gasteiger partial charge in [0.1, 0.15) is 16.6 Å². The number of benzene rings is 1. The van der Waals surface area contributed by atoms with Crippen LogP contribution in [0.4, 0.5) is 9.39 Å². The number of hydrazine groups is 1. The molecule has 1 atom stereocenters. The molecule has 0 saturated heterocycles. The molecule has 0 aliphatic heterocycles. The van der Waals surface area contributed by atoms with Crippen LogP contribution in [0.5, 0.6) is 5.75 Å². The topological polar surface area (TPSA) is 88.7 Å². The van der Waals surface area contributed by atoms with Crippen molar-refractivity contribution < 1.29 is 23.5 Å². The molecule has 7 nitrogen and oxygen atoms in total. The highest BCUT2D eigenvalue weighted by Crippen LogP contribution is 2.39. The summed E-state index contributed by atoms with van der Waals surface area (Å²) >= 11 is 12.6. The molecule has 1 unspecified atom stereocenters. The van der Waals surface area contributed by atoms with E-state index in [-0.39, 0.29) is 15.9 Å². The Morgan fingerprint density at radius 2 is 2.07 bits per heavy atom. The summed E-state index contributed by atoms with van der Waals surface area (Å²) in [6.45, 7) is 1.51. The molecular formula is C19H19ClFN3O4S2. The summed E-state index contributed by atoms with van der Waals surface area (Å²) < 4.78 is 23.4. The highest BCUT2D eigenvalue weighted by molar-refractivity contribution is 7.80. The van der Waals surface area contributed by atoms with Crippen LogP contribution < -0.4 is 20.9 Å². The summed E-state index contributed by atoms with van der Waals surface area (Å²) in [5, 5.41) is 3.66. The SMILES string of the molecule is COC(=O)c1c(NC(=S)NNC(=O)C(C)Oc2ccc(F)cc2Cl)sc2c1CCC2. The van der Waals surface area contributed by atoms with Gasteiger partial charge in [0.2, 0.25) is 0 Å². The first-order valence-electron chi connectivity index (χ1n) is 9.01. The predicted molar refractivity (Wildman–Crippen MR) is 117 cm³/mol. The molecule has 1 aliphatic rings. The van der Waals surface area contributed by atoms with Crippen molar-refractivity contribution in [1.82, 2.24) is 10.9 Å². The zero-order valence-corrected chi connectivity index (χ0v) is 18.5. The molecular weight excluding hydrogens is 453 g/mol. The van der Waals surface area contributed by atoms with Gasteiger partial charge in [-0.2, -0.15) is 0 Å². The van der Waals surface area contributed by atoms with Gasteiger partial charge >= 0.3 is 5.97 Å². The molecule has 11 heteroatoms. The lowest BCUT2D eigenvalue weighted by Crippen LogP contribution is -2.48. The van der Waals surface area contributed by atoms with Crippen molar-refractivity contribution in [2.45, 2.75) is 32.3 Å². The molecule has 1 aromatic carbocycles. The maximum absolute atomic E-state index is 13.1. The van der Waals surface area contributed by atoms with Crippen molar-refractivity contribution in [3.63, 3.8) is 0 Å². The lowest BCUT2D eigenvalue weighted by molar-refractivity contribution is -0.127. The number of hydrogen-bond acceptors (Lipinski definition) is 6. The van der Waals surface area contributed by atoms with Gasteiger partial charge in [-0.3, -0.25) is 15.6 Å². The Hall–Kier alpha value is -2.43. The minimum absolute atomic E-state index is 0.0564. The van der Waals surface area contributed by atoms with Crippen LogP contribution in [0.15, 0.2) is 18.2 Å². The fraction of sp³-hybridized carbons (Fsp3) is 0.316. The zero-order chi connectivity index (χ0) is 21.8. The number of nitrogens with one attached hydrogen (secondary N) is 3. The number of hydrogen-bond donors (Lipinski definition) is 3. The monoisotopic (exact) mass is 471 g/mol. The quantitative estimate of drug-likeness (QED) is 0.349. The first-order valence-corrected chi connectivity index (χ1v) is 10.6. The third-order valence-electron chi connectivity index (χ3n) is 4.40. The van der Waals surface area contributed by atoms with Crippen LogP contribution in [0, 0.1) is 5.82 Å². The van der Waals surface area contributed by atoms with Crippen molar-refractivity contribution in [2.24, 2.45) is 0 Å². The third-order valence-corrected chi connectivity index (χ3v) is 6.11. The second-order valence-electron chi connectivity index (χ2n) is 6.46. The van der Waals surface area contributed by atoms with E-state index in [1.807, 2.05) is 0 Å².